The molecule has 0 aliphatic carbocycles. The zero-order chi connectivity index (χ0) is 21.3. The van der Waals surface area contributed by atoms with Crippen LogP contribution in [0.5, 0.6) is 5.06 Å². The van der Waals surface area contributed by atoms with Gasteiger partial charge < -0.3 is 29.8 Å². The zero-order valence-electron chi connectivity index (χ0n) is 15.9. The van der Waals surface area contributed by atoms with Crippen molar-refractivity contribution in [1.29, 1.82) is 0 Å². The third-order valence-electron chi connectivity index (χ3n) is 4.65. The van der Waals surface area contributed by atoms with Crippen molar-refractivity contribution in [1.82, 2.24) is 15.3 Å². The third kappa shape index (κ3) is 4.61. The lowest BCUT2D eigenvalue weighted by molar-refractivity contribution is 0.0540. The van der Waals surface area contributed by atoms with Gasteiger partial charge in [-0.2, -0.15) is 0 Å². The summed E-state index contributed by atoms with van der Waals surface area (Å²) in [6.07, 6.45) is -1.08. The van der Waals surface area contributed by atoms with Crippen molar-refractivity contribution in [2.45, 2.75) is 32.4 Å². The van der Waals surface area contributed by atoms with Crippen LogP contribution in [-0.4, -0.2) is 59.5 Å². The first kappa shape index (κ1) is 21.7. The van der Waals surface area contributed by atoms with Gasteiger partial charge in [-0.3, -0.25) is 4.79 Å². The Morgan fingerprint density at radius 2 is 2.07 bits per heavy atom. The van der Waals surface area contributed by atoms with E-state index in [-0.39, 0.29) is 33.8 Å². The predicted molar refractivity (Wildman–Crippen MR) is 110 cm³/mol. The van der Waals surface area contributed by atoms with E-state index in [1.807, 2.05) is 4.90 Å². The van der Waals surface area contributed by atoms with Crippen LogP contribution in [0, 0.1) is 13.8 Å². The highest BCUT2D eigenvalue weighted by atomic mass is 35.5. The highest BCUT2D eigenvalue weighted by Crippen LogP contribution is 2.34. The van der Waals surface area contributed by atoms with E-state index in [9.17, 15) is 9.59 Å². The fraction of sp³-hybridized carbons (Fsp3) is 0.471. The summed E-state index contributed by atoms with van der Waals surface area (Å²) >= 11 is 13.3. The number of carboxylic acid groups (broad SMARTS) is 1. The van der Waals surface area contributed by atoms with Crippen molar-refractivity contribution in [2.75, 3.05) is 25.1 Å². The first-order valence-corrected chi connectivity index (χ1v) is 10.3. The van der Waals surface area contributed by atoms with Crippen molar-refractivity contribution in [3.8, 4) is 5.06 Å². The molecular formula is C17H20Cl2N4O5S. The summed E-state index contributed by atoms with van der Waals surface area (Å²) < 4.78 is 10.3. The second-order valence-electron chi connectivity index (χ2n) is 6.58. The van der Waals surface area contributed by atoms with Gasteiger partial charge in [0.25, 0.3) is 5.91 Å². The minimum Gasteiger partial charge on any atom is -0.449 e. The molecule has 0 radical (unpaired) electrons. The number of aromatic nitrogens is 2. The minimum absolute atomic E-state index is 0.192. The molecule has 2 atom stereocenters. The maximum absolute atomic E-state index is 12.6. The highest BCUT2D eigenvalue weighted by molar-refractivity contribution is 7.17. The normalized spacial score (nSPS) is 19.3. The van der Waals surface area contributed by atoms with Crippen LogP contribution in [0.25, 0.3) is 0 Å². The number of methoxy groups -OCH3 is 1. The number of aromatic amines is 1. The van der Waals surface area contributed by atoms with Crippen LogP contribution >= 0.6 is 34.5 Å². The molecule has 1 amide bonds. The number of hydrogen-bond acceptors (Lipinski definition) is 7. The van der Waals surface area contributed by atoms with E-state index in [1.54, 1.807) is 21.0 Å². The molecule has 1 aliphatic rings. The molecule has 0 aromatic carbocycles. The summed E-state index contributed by atoms with van der Waals surface area (Å²) in [5.74, 6) is -0.354. The van der Waals surface area contributed by atoms with E-state index in [2.05, 4.69) is 15.3 Å². The lowest BCUT2D eigenvalue weighted by Crippen LogP contribution is -2.55. The van der Waals surface area contributed by atoms with Gasteiger partial charge in [-0.15, -0.1) is 0 Å². The van der Waals surface area contributed by atoms with Gasteiger partial charge >= 0.3 is 6.16 Å². The smallest absolute Gasteiger partial charge is 0.449 e. The number of rotatable bonds is 5. The molecule has 3 heterocycles. The number of anilines is 1. The Bertz CT molecular complexity index is 931. The molecule has 12 heteroatoms. The number of H-pyrrole nitrogens is 1. The number of amides is 1. The van der Waals surface area contributed by atoms with E-state index >= 15 is 0 Å². The third-order valence-corrected chi connectivity index (χ3v) is 6.70. The van der Waals surface area contributed by atoms with E-state index in [0.717, 1.165) is 11.3 Å². The van der Waals surface area contributed by atoms with Gasteiger partial charge in [0.2, 0.25) is 5.06 Å². The molecule has 0 saturated carbocycles. The topological polar surface area (TPSA) is 117 Å². The zero-order valence-corrected chi connectivity index (χ0v) is 18.2. The van der Waals surface area contributed by atoms with Gasteiger partial charge in [0.05, 0.1) is 27.9 Å². The van der Waals surface area contributed by atoms with Gasteiger partial charge in [-0.1, -0.05) is 34.5 Å². The molecule has 0 bridgehead atoms. The van der Waals surface area contributed by atoms with Crippen molar-refractivity contribution >= 4 is 51.7 Å². The van der Waals surface area contributed by atoms with Crippen LogP contribution in [0.15, 0.2) is 0 Å². The van der Waals surface area contributed by atoms with Crippen molar-refractivity contribution in [2.24, 2.45) is 0 Å². The molecule has 2 aromatic rings. The average Bonchev–Trinajstić information content (AvgIpc) is 3.16. The lowest BCUT2D eigenvalue weighted by Gasteiger charge is -2.37. The second kappa shape index (κ2) is 8.78. The summed E-state index contributed by atoms with van der Waals surface area (Å²) in [6.45, 7) is 4.49. The maximum Gasteiger partial charge on any atom is 0.512 e. The molecule has 9 nitrogen and oxygen atoms in total. The number of nitrogens with one attached hydrogen (secondary N) is 2. The van der Waals surface area contributed by atoms with E-state index in [0.29, 0.717) is 41.1 Å². The molecule has 0 unspecified atom stereocenters. The number of aryl methyl sites for hydroxylation is 2. The van der Waals surface area contributed by atoms with Crippen LogP contribution in [0.1, 0.15) is 28.3 Å². The van der Waals surface area contributed by atoms with Crippen LogP contribution in [-0.2, 0) is 4.74 Å². The fourth-order valence-electron chi connectivity index (χ4n) is 3.14. The van der Waals surface area contributed by atoms with E-state index in [1.165, 1.54) is 0 Å². The number of piperidine rings is 1. The molecule has 0 spiro atoms. The van der Waals surface area contributed by atoms with Gasteiger partial charge in [0, 0.05) is 25.9 Å². The SMILES string of the molecule is CO[C@H]1CN(c2nc(C)c(OC(=O)O)s2)CC[C@H]1NC(=O)c1[nH]c(C)c(Cl)c1Cl. The number of carbonyl (C=O) groups excluding carboxylic acids is 1. The van der Waals surface area contributed by atoms with Gasteiger partial charge in [0.15, 0.2) is 5.13 Å². The van der Waals surface area contributed by atoms with E-state index < -0.39 is 6.16 Å². The molecular weight excluding hydrogens is 443 g/mol. The van der Waals surface area contributed by atoms with Crippen molar-refractivity contribution in [3.05, 3.63) is 27.1 Å². The Labute approximate surface area is 180 Å². The number of thiazole rings is 1. The molecule has 3 N–H and O–H groups in total. The van der Waals surface area contributed by atoms with Gasteiger partial charge in [-0.05, 0) is 20.3 Å². The monoisotopic (exact) mass is 462 g/mol. The quantitative estimate of drug-likeness (QED) is 0.582. The molecule has 3 rings (SSSR count). The van der Waals surface area contributed by atoms with Gasteiger partial charge in [-0.25, -0.2) is 9.78 Å². The number of hydrogen-bond donors (Lipinski definition) is 3. The van der Waals surface area contributed by atoms with Gasteiger partial charge in [0.1, 0.15) is 5.69 Å². The minimum atomic E-state index is -1.38. The predicted octanol–water partition coefficient (Wildman–Crippen LogP) is 3.48. The average molecular weight is 463 g/mol. The highest BCUT2D eigenvalue weighted by Gasteiger charge is 2.33. The summed E-state index contributed by atoms with van der Waals surface area (Å²) in [4.78, 5) is 32.7. The van der Waals surface area contributed by atoms with Crippen LogP contribution in [0.3, 0.4) is 0 Å². The Morgan fingerprint density at radius 3 is 2.66 bits per heavy atom. The summed E-state index contributed by atoms with van der Waals surface area (Å²) in [5, 5.41) is 13.2. The van der Waals surface area contributed by atoms with Crippen LogP contribution in [0.4, 0.5) is 9.93 Å². The number of carbonyl (C=O) groups is 2. The molecule has 158 valence electrons. The Morgan fingerprint density at radius 1 is 1.34 bits per heavy atom. The molecule has 1 saturated heterocycles. The number of halogens is 2. The second-order valence-corrected chi connectivity index (χ2v) is 8.28. The van der Waals surface area contributed by atoms with Crippen molar-refractivity contribution in [3.63, 3.8) is 0 Å². The first-order valence-electron chi connectivity index (χ1n) is 8.71. The van der Waals surface area contributed by atoms with Crippen LogP contribution < -0.4 is 15.0 Å². The standard InChI is InChI=1S/C17H20Cl2N4O5S/c1-7-11(18)12(19)13(20-7)14(24)22-9-4-5-23(6-10(9)27-3)16-21-8(2)15(29-16)28-17(25)26/h9-10,20H,4-6H2,1-3H3,(H,22,24)(H,25,26)/t9-,10+/m1/s1. The molecule has 2 aromatic heterocycles. The first-order chi connectivity index (χ1) is 13.7. The Kier molecular flexibility index (Phi) is 6.57. The fourth-order valence-corrected chi connectivity index (χ4v) is 4.51. The molecule has 1 aliphatic heterocycles. The Balaban J connectivity index is 1.69. The summed E-state index contributed by atoms with van der Waals surface area (Å²) in [7, 11) is 1.57. The Hall–Kier alpha value is -2.01. The number of nitrogens with zero attached hydrogens (tertiary/aromatic N) is 2. The summed E-state index contributed by atoms with van der Waals surface area (Å²) in [6, 6.07) is -0.238. The summed E-state index contributed by atoms with van der Waals surface area (Å²) in [5.41, 5.74) is 1.35. The molecule has 29 heavy (non-hydrogen) atoms. The van der Waals surface area contributed by atoms with E-state index in [4.69, 9.17) is 37.8 Å². The lowest BCUT2D eigenvalue weighted by atomic mass is 10.0. The molecule has 1 fully saturated rings. The maximum atomic E-state index is 12.6. The van der Waals surface area contributed by atoms with Crippen LogP contribution in [0.2, 0.25) is 10.0 Å². The van der Waals surface area contributed by atoms with Crippen molar-refractivity contribution < 1.29 is 24.2 Å². The number of ether oxygens (including phenoxy) is 2. The largest absolute Gasteiger partial charge is 0.512 e.